The predicted molar refractivity (Wildman–Crippen MR) is 305 cm³/mol. The van der Waals surface area contributed by atoms with Gasteiger partial charge in [-0.05, 0) is 163 Å². The van der Waals surface area contributed by atoms with Crippen LogP contribution < -0.4 is 9.80 Å². The van der Waals surface area contributed by atoms with Gasteiger partial charge in [0.25, 0.3) is 0 Å². The van der Waals surface area contributed by atoms with Crippen LogP contribution in [0.2, 0.25) is 0 Å². The molecule has 2 nitrogen and oxygen atoms in total. The van der Waals surface area contributed by atoms with Crippen LogP contribution >= 0.6 is 0 Å². The Hall–Kier alpha value is -7.94. The van der Waals surface area contributed by atoms with Gasteiger partial charge in [0.05, 0.1) is 5.69 Å². The van der Waals surface area contributed by atoms with Crippen molar-refractivity contribution in [1.29, 1.82) is 0 Å². The largest absolute Gasteiger partial charge is 0.345 e. The Morgan fingerprint density at radius 1 is 0.310 bits per heavy atom. The molecule has 11 aromatic carbocycles. The Labute approximate surface area is 419 Å². The summed E-state index contributed by atoms with van der Waals surface area (Å²) in [6.45, 7) is 0. The number of fused-ring (bicyclic) bond motifs is 4. The fourth-order valence-corrected chi connectivity index (χ4v) is 11.9. The average molecular weight is 917 g/mol. The van der Waals surface area contributed by atoms with E-state index in [-0.39, 0.29) is 0 Å². The summed E-state index contributed by atoms with van der Waals surface area (Å²) in [6, 6.07) is 87.4. The van der Waals surface area contributed by atoms with Gasteiger partial charge in [-0.25, -0.2) is 0 Å². The van der Waals surface area contributed by atoms with Crippen molar-refractivity contribution >= 4 is 71.5 Å². The molecule has 0 unspecified atom stereocenters. The molecule has 0 atom stereocenters. The normalized spacial score (nSPS) is 14.0. The van der Waals surface area contributed by atoms with E-state index < -0.39 is 0 Å². The number of anilines is 5. The first-order valence-electron chi connectivity index (χ1n) is 25.9. The van der Waals surface area contributed by atoms with Crippen molar-refractivity contribution in [2.45, 2.75) is 63.2 Å². The van der Waals surface area contributed by atoms with E-state index in [0.717, 1.165) is 5.69 Å². The molecule has 2 aliphatic rings. The molecule has 71 heavy (non-hydrogen) atoms. The molecule has 0 radical (unpaired) electrons. The van der Waals surface area contributed by atoms with E-state index in [1.54, 1.807) is 0 Å². The van der Waals surface area contributed by atoms with E-state index in [9.17, 15) is 0 Å². The fraction of sp³-hybridized carbons (Fsp3) is 0.159. The molecule has 346 valence electrons. The van der Waals surface area contributed by atoms with Gasteiger partial charge in [0.1, 0.15) is 0 Å². The van der Waals surface area contributed by atoms with Crippen LogP contribution in [-0.2, 0) is 0 Å². The Kier molecular flexibility index (Phi) is 12.4. The van der Waals surface area contributed by atoms with Crippen LogP contribution in [0.15, 0.2) is 237 Å². The molecule has 0 amide bonds. The summed E-state index contributed by atoms with van der Waals surface area (Å²) in [4.78, 5) is 4.83. The van der Waals surface area contributed by atoms with Crippen molar-refractivity contribution in [2.24, 2.45) is 0 Å². The van der Waals surface area contributed by atoms with E-state index in [2.05, 4.69) is 253 Å². The molecular weight excluding hydrogens is 857 g/mol. The third kappa shape index (κ3) is 8.85. The van der Waals surface area contributed by atoms with Crippen LogP contribution in [0.5, 0.6) is 0 Å². The second-order valence-electron chi connectivity index (χ2n) is 19.8. The smallest absolute Gasteiger partial charge is 0.0540 e. The summed E-state index contributed by atoms with van der Waals surface area (Å²) in [6.07, 6.45) is 10.6. The Bertz CT molecular complexity index is 3530. The quantitative estimate of drug-likeness (QED) is 0.133. The molecule has 2 heteroatoms. The molecule has 0 saturated heterocycles. The summed E-state index contributed by atoms with van der Waals surface area (Å²) in [5, 5.41) is 10.1. The summed E-state index contributed by atoms with van der Waals surface area (Å²) < 4.78 is 0. The molecule has 11 aromatic rings. The number of rotatable bonds is 9. The summed E-state index contributed by atoms with van der Waals surface area (Å²) >= 11 is 0. The van der Waals surface area contributed by atoms with Crippen LogP contribution in [0, 0.1) is 0 Å². The monoisotopic (exact) mass is 916 g/mol. The molecule has 2 aliphatic carbocycles. The van der Waals surface area contributed by atoms with Crippen molar-refractivity contribution in [1.82, 2.24) is 0 Å². The minimum absolute atomic E-state index is 0.668. The van der Waals surface area contributed by atoms with Crippen molar-refractivity contribution in [3.63, 3.8) is 0 Å². The molecule has 2 saturated carbocycles. The van der Waals surface area contributed by atoms with Gasteiger partial charge >= 0.3 is 0 Å². The number of benzene rings is 11. The van der Waals surface area contributed by atoms with Crippen LogP contribution in [-0.4, -0.2) is 7.05 Å². The lowest BCUT2D eigenvalue weighted by molar-refractivity contribution is 0.723. The highest BCUT2D eigenvalue weighted by Crippen LogP contribution is 2.48. The van der Waals surface area contributed by atoms with Crippen molar-refractivity contribution in [3.8, 4) is 22.3 Å². The second-order valence-corrected chi connectivity index (χ2v) is 19.8. The third-order valence-corrected chi connectivity index (χ3v) is 15.6. The Morgan fingerprint density at radius 3 is 1.24 bits per heavy atom. The predicted octanol–water partition coefficient (Wildman–Crippen LogP) is 19.9. The zero-order valence-corrected chi connectivity index (χ0v) is 40.7. The molecule has 0 bridgehead atoms. The standard InChI is InChI=1S/C59H52N2.C10H8/c1-60(48-31-27-43(28-32-48)41-15-8-9-16-41)50-35-37-53-55(39-50)58(46-20-4-2-5-21-46)54-38-36-51(40-56(54)59(53)47-22-6-3-7-23-47)61(57-26-14-24-45-19-12-13-25-52(45)57)49-33-29-44(30-34-49)42-17-10-11-18-42;1-2-6-10-8-4-3-7-9(10)5-1/h2-7,12-14,19-42H,8-11,15-18H2,1H3;1-8H. The van der Waals surface area contributed by atoms with E-state index in [0.29, 0.717) is 11.8 Å². The van der Waals surface area contributed by atoms with Gasteiger partial charge in [-0.15, -0.1) is 0 Å². The second kappa shape index (κ2) is 19.8. The van der Waals surface area contributed by atoms with Crippen LogP contribution in [0.25, 0.3) is 65.3 Å². The Morgan fingerprint density at radius 2 is 0.718 bits per heavy atom. The highest BCUT2D eigenvalue weighted by molar-refractivity contribution is 6.22. The molecular formula is C69H60N2. The minimum atomic E-state index is 0.668. The summed E-state index contributed by atoms with van der Waals surface area (Å²) in [5.74, 6) is 1.38. The van der Waals surface area contributed by atoms with Crippen molar-refractivity contribution in [3.05, 3.63) is 248 Å². The van der Waals surface area contributed by atoms with E-state index in [1.807, 2.05) is 0 Å². The van der Waals surface area contributed by atoms with Gasteiger partial charge in [-0.2, -0.15) is 0 Å². The van der Waals surface area contributed by atoms with Gasteiger partial charge in [0.2, 0.25) is 0 Å². The van der Waals surface area contributed by atoms with E-state index in [1.165, 1.54) is 151 Å². The minimum Gasteiger partial charge on any atom is -0.345 e. The van der Waals surface area contributed by atoms with Crippen LogP contribution in [0.1, 0.15) is 74.3 Å². The molecule has 0 aromatic heterocycles. The van der Waals surface area contributed by atoms with E-state index >= 15 is 0 Å². The maximum Gasteiger partial charge on any atom is 0.0540 e. The van der Waals surface area contributed by atoms with Gasteiger partial charge in [0, 0.05) is 35.2 Å². The van der Waals surface area contributed by atoms with Gasteiger partial charge in [-0.1, -0.05) is 208 Å². The fourth-order valence-electron chi connectivity index (χ4n) is 11.9. The molecule has 13 rings (SSSR count). The highest BCUT2D eigenvalue weighted by Gasteiger charge is 2.23. The number of hydrogen-bond donors (Lipinski definition) is 0. The first-order chi connectivity index (χ1) is 35.1. The lowest BCUT2D eigenvalue weighted by atomic mass is 9.85. The lowest BCUT2D eigenvalue weighted by Gasteiger charge is -2.28. The zero-order chi connectivity index (χ0) is 47.5. The number of nitrogens with zero attached hydrogens (tertiary/aromatic N) is 2. The summed E-state index contributed by atoms with van der Waals surface area (Å²) in [5.41, 5.74) is 13.8. The SMILES string of the molecule is CN(c1ccc(C2CCCC2)cc1)c1ccc2c(-c3ccccc3)c3cc(N(c4ccc(C5CCCC5)cc4)c4cccc5ccccc45)ccc3c(-c3ccccc3)c2c1.c1ccc2ccccc2c1. The number of hydrogen-bond acceptors (Lipinski definition) is 2. The summed E-state index contributed by atoms with van der Waals surface area (Å²) in [7, 11) is 2.21. The zero-order valence-electron chi connectivity index (χ0n) is 40.7. The van der Waals surface area contributed by atoms with E-state index in [4.69, 9.17) is 0 Å². The van der Waals surface area contributed by atoms with Gasteiger partial charge in [0.15, 0.2) is 0 Å². The lowest BCUT2D eigenvalue weighted by Crippen LogP contribution is -2.11. The molecule has 0 aliphatic heterocycles. The van der Waals surface area contributed by atoms with Crippen molar-refractivity contribution < 1.29 is 0 Å². The van der Waals surface area contributed by atoms with Crippen molar-refractivity contribution in [2.75, 3.05) is 16.8 Å². The maximum absolute atomic E-state index is 2.48. The van der Waals surface area contributed by atoms with Crippen LogP contribution in [0.3, 0.4) is 0 Å². The maximum atomic E-state index is 2.48. The van der Waals surface area contributed by atoms with Gasteiger partial charge in [-0.3, -0.25) is 0 Å². The molecule has 0 heterocycles. The van der Waals surface area contributed by atoms with Crippen LogP contribution in [0.4, 0.5) is 28.4 Å². The highest BCUT2D eigenvalue weighted by atomic mass is 15.1. The first kappa shape index (κ1) is 44.3. The third-order valence-electron chi connectivity index (χ3n) is 15.6. The Balaban J connectivity index is 0.000000459. The topological polar surface area (TPSA) is 6.48 Å². The molecule has 0 spiro atoms. The average Bonchev–Trinajstić information content (AvgIpc) is 4.20. The van der Waals surface area contributed by atoms with Gasteiger partial charge < -0.3 is 9.80 Å². The first-order valence-corrected chi connectivity index (χ1v) is 25.9. The molecule has 0 N–H and O–H groups in total. The molecule has 2 fully saturated rings.